The van der Waals surface area contributed by atoms with E-state index in [0.29, 0.717) is 16.8 Å². The molecule has 0 saturated heterocycles. The molecule has 0 spiro atoms. The zero-order valence-corrected chi connectivity index (χ0v) is 10.6. The fourth-order valence-corrected chi connectivity index (χ4v) is 0.681. The number of hydrogen-bond donors (Lipinski definition) is 4. The highest BCUT2D eigenvalue weighted by Gasteiger charge is 1.90. The highest BCUT2D eigenvalue weighted by molar-refractivity contribution is 7.80. The van der Waals surface area contributed by atoms with Gasteiger partial charge in [0.2, 0.25) is 5.96 Å². The molecule has 0 unspecified atom stereocenters. The lowest BCUT2D eigenvalue weighted by Gasteiger charge is -2.03. The van der Waals surface area contributed by atoms with E-state index in [1.54, 1.807) is 34.3 Å². The summed E-state index contributed by atoms with van der Waals surface area (Å²) in [5.41, 5.74) is 6.03. The highest BCUT2D eigenvalue weighted by atomic mass is 32.1. The van der Waals surface area contributed by atoms with Gasteiger partial charge in [0.15, 0.2) is 5.11 Å². The van der Waals surface area contributed by atoms with E-state index in [1.165, 1.54) is 0 Å². The van der Waals surface area contributed by atoms with E-state index >= 15 is 0 Å². The van der Waals surface area contributed by atoms with Crippen molar-refractivity contribution in [2.45, 2.75) is 6.92 Å². The lowest BCUT2D eigenvalue weighted by atomic mass is 10.5. The van der Waals surface area contributed by atoms with Gasteiger partial charge in [0.1, 0.15) is 0 Å². The molecule has 0 aliphatic heterocycles. The fraction of sp³-hybridized carbons (Fsp3) is 0.500. The van der Waals surface area contributed by atoms with Crippen molar-refractivity contribution in [2.75, 3.05) is 21.1 Å². The van der Waals surface area contributed by atoms with Crippen molar-refractivity contribution in [1.82, 2.24) is 21.5 Å². The molecule has 0 bridgehead atoms. The van der Waals surface area contributed by atoms with Crippen LogP contribution in [0.4, 0.5) is 0 Å². The zero-order valence-electron chi connectivity index (χ0n) is 9.83. The van der Waals surface area contributed by atoms with Gasteiger partial charge in [-0.2, -0.15) is 10.2 Å². The topological polar surface area (TPSA) is 85.2 Å². The first kappa shape index (κ1) is 14.3. The van der Waals surface area contributed by atoms with Gasteiger partial charge in [0, 0.05) is 21.1 Å². The van der Waals surface area contributed by atoms with Gasteiger partial charge < -0.3 is 10.6 Å². The number of hydrazone groups is 2. The second-order valence-corrected chi connectivity index (χ2v) is 3.04. The minimum atomic E-state index is 0.447. The van der Waals surface area contributed by atoms with Gasteiger partial charge in [0.05, 0.1) is 11.9 Å². The Morgan fingerprint density at radius 1 is 1.19 bits per heavy atom. The summed E-state index contributed by atoms with van der Waals surface area (Å²) in [6.07, 6.45) is 1.54. The molecule has 0 fully saturated rings. The number of guanidine groups is 1. The lowest BCUT2D eigenvalue weighted by molar-refractivity contribution is 0.938. The van der Waals surface area contributed by atoms with Crippen LogP contribution in [-0.4, -0.2) is 44.1 Å². The summed E-state index contributed by atoms with van der Waals surface area (Å²) in [4.78, 5) is 3.90. The van der Waals surface area contributed by atoms with Crippen molar-refractivity contribution in [3.63, 3.8) is 0 Å². The van der Waals surface area contributed by atoms with Gasteiger partial charge >= 0.3 is 0 Å². The van der Waals surface area contributed by atoms with Crippen LogP contribution in [0.5, 0.6) is 0 Å². The predicted octanol–water partition coefficient (Wildman–Crippen LogP) is -0.763. The normalized spacial score (nSPS) is 12.5. The van der Waals surface area contributed by atoms with E-state index in [-0.39, 0.29) is 0 Å². The Bertz CT molecular complexity index is 308. The van der Waals surface area contributed by atoms with Crippen LogP contribution in [0.25, 0.3) is 0 Å². The van der Waals surface area contributed by atoms with Crippen LogP contribution in [0.2, 0.25) is 0 Å². The summed E-state index contributed by atoms with van der Waals surface area (Å²) in [6, 6.07) is 0. The monoisotopic (exact) mass is 243 g/mol. The third-order valence-electron chi connectivity index (χ3n) is 1.44. The standard InChI is InChI=1S/C8H17N7S/c1-6(5-12-15-8(16)11-4)13-14-7(9-2)10-3/h5H,1-4H3,(H2,9,10,14)(H2,11,15,16)/b12-5+,13-6+. The van der Waals surface area contributed by atoms with Crippen LogP contribution in [0.1, 0.15) is 6.92 Å². The van der Waals surface area contributed by atoms with Crippen LogP contribution < -0.4 is 21.5 Å². The maximum absolute atomic E-state index is 4.83. The zero-order chi connectivity index (χ0) is 12.4. The molecule has 0 heterocycles. The van der Waals surface area contributed by atoms with Crippen LogP contribution in [0, 0.1) is 0 Å². The smallest absolute Gasteiger partial charge is 0.211 e. The number of rotatable bonds is 3. The molecular weight excluding hydrogens is 226 g/mol. The van der Waals surface area contributed by atoms with E-state index in [1.807, 2.05) is 0 Å². The SMILES string of the molecule is CN=C(NC)N/N=C(C)/C=N/NC(=S)NC. The summed E-state index contributed by atoms with van der Waals surface area (Å²) < 4.78 is 0. The van der Waals surface area contributed by atoms with Crippen molar-refractivity contribution in [1.29, 1.82) is 0 Å². The average molecular weight is 243 g/mol. The Kier molecular flexibility index (Phi) is 7.68. The minimum absolute atomic E-state index is 0.447. The Morgan fingerprint density at radius 3 is 2.38 bits per heavy atom. The summed E-state index contributed by atoms with van der Waals surface area (Å²) in [5, 5.41) is 13.9. The number of nitrogens with zero attached hydrogens (tertiary/aromatic N) is 3. The van der Waals surface area contributed by atoms with Crippen molar-refractivity contribution in [3.05, 3.63) is 0 Å². The van der Waals surface area contributed by atoms with Gasteiger partial charge in [0.25, 0.3) is 0 Å². The molecule has 90 valence electrons. The average Bonchev–Trinajstić information content (AvgIpc) is 2.30. The number of aliphatic imine (C=N–C) groups is 1. The summed E-state index contributed by atoms with van der Waals surface area (Å²) >= 11 is 4.83. The van der Waals surface area contributed by atoms with Crippen LogP contribution in [0.3, 0.4) is 0 Å². The molecule has 0 atom stereocenters. The van der Waals surface area contributed by atoms with E-state index < -0.39 is 0 Å². The summed E-state index contributed by atoms with van der Waals surface area (Å²) in [5.74, 6) is 0.575. The van der Waals surface area contributed by atoms with Crippen LogP contribution in [-0.2, 0) is 0 Å². The van der Waals surface area contributed by atoms with E-state index in [2.05, 4.69) is 36.7 Å². The largest absolute Gasteiger partial charge is 0.364 e. The lowest BCUT2D eigenvalue weighted by Crippen LogP contribution is -2.32. The molecule has 0 amide bonds. The molecule has 0 aliphatic carbocycles. The highest BCUT2D eigenvalue weighted by Crippen LogP contribution is 1.72. The molecule has 4 N–H and O–H groups in total. The molecule has 0 aromatic carbocycles. The Balaban J connectivity index is 4.09. The van der Waals surface area contributed by atoms with E-state index in [0.717, 1.165) is 0 Å². The third-order valence-corrected chi connectivity index (χ3v) is 1.74. The van der Waals surface area contributed by atoms with Crippen molar-refractivity contribution >= 4 is 35.2 Å². The van der Waals surface area contributed by atoms with Crippen LogP contribution >= 0.6 is 12.2 Å². The first-order valence-corrected chi connectivity index (χ1v) is 5.00. The van der Waals surface area contributed by atoms with Crippen molar-refractivity contribution in [3.8, 4) is 0 Å². The molecule has 0 radical (unpaired) electrons. The number of hydrogen-bond acceptors (Lipinski definition) is 4. The molecular formula is C8H17N7S. The third kappa shape index (κ3) is 6.71. The molecule has 0 aliphatic rings. The quantitative estimate of drug-likeness (QED) is 0.226. The Labute approximate surface area is 100 Å². The van der Waals surface area contributed by atoms with Crippen molar-refractivity contribution in [2.24, 2.45) is 15.2 Å². The first-order chi connectivity index (χ1) is 7.63. The molecule has 0 saturated carbocycles. The van der Waals surface area contributed by atoms with Gasteiger partial charge in [-0.05, 0) is 19.1 Å². The van der Waals surface area contributed by atoms with Crippen molar-refractivity contribution < 1.29 is 0 Å². The predicted molar refractivity (Wildman–Crippen MR) is 71.9 cm³/mol. The number of thiocarbonyl (C=S) groups is 1. The Morgan fingerprint density at radius 2 is 1.88 bits per heavy atom. The molecule has 7 nitrogen and oxygen atoms in total. The van der Waals surface area contributed by atoms with Gasteiger partial charge in [-0.25, -0.2) is 5.43 Å². The van der Waals surface area contributed by atoms with Crippen LogP contribution in [0.15, 0.2) is 15.2 Å². The molecule has 8 heteroatoms. The maximum Gasteiger partial charge on any atom is 0.211 e. The van der Waals surface area contributed by atoms with Gasteiger partial charge in [-0.3, -0.25) is 10.4 Å². The van der Waals surface area contributed by atoms with E-state index in [9.17, 15) is 0 Å². The fourth-order valence-electron chi connectivity index (χ4n) is 0.628. The first-order valence-electron chi connectivity index (χ1n) is 4.59. The summed E-state index contributed by atoms with van der Waals surface area (Å²) in [7, 11) is 5.12. The Hall–Kier alpha value is -1.70. The van der Waals surface area contributed by atoms with Gasteiger partial charge in [-0.15, -0.1) is 0 Å². The minimum Gasteiger partial charge on any atom is -0.364 e. The molecule has 0 aromatic heterocycles. The van der Waals surface area contributed by atoms with E-state index in [4.69, 9.17) is 12.2 Å². The van der Waals surface area contributed by atoms with Gasteiger partial charge in [-0.1, -0.05) is 0 Å². The molecule has 16 heavy (non-hydrogen) atoms. The molecule has 0 aromatic rings. The number of nitrogens with one attached hydrogen (secondary N) is 4. The second kappa shape index (κ2) is 8.60. The second-order valence-electron chi connectivity index (χ2n) is 2.64. The summed E-state index contributed by atoms with van der Waals surface area (Å²) in [6.45, 7) is 1.80. The maximum atomic E-state index is 4.83. The molecule has 0 rings (SSSR count).